The zero-order valence-electron chi connectivity index (χ0n) is 11.3. The Balaban J connectivity index is -0.000000232. The Hall–Kier alpha value is 2.00. The average molecular weight is 359 g/mol. The van der Waals surface area contributed by atoms with Gasteiger partial charge in [-0.2, -0.15) is 0 Å². The van der Waals surface area contributed by atoms with Gasteiger partial charge in [-0.3, -0.25) is 4.48 Å². The molecule has 1 rings (SSSR count). The molecule has 0 aromatic heterocycles. The summed E-state index contributed by atoms with van der Waals surface area (Å²) in [4.78, 5) is 0. The molecule has 0 spiro atoms. The number of hydrogen-bond acceptors (Lipinski definition) is 6. The second-order valence-corrected chi connectivity index (χ2v) is 4.15. The van der Waals surface area contributed by atoms with E-state index in [9.17, 15) is 0 Å². The van der Waals surface area contributed by atoms with Gasteiger partial charge in [0.1, 0.15) is 25.3 Å². The summed E-state index contributed by atoms with van der Waals surface area (Å²) in [6.45, 7) is 1.63. The van der Waals surface area contributed by atoms with Crippen LogP contribution in [0.2, 0.25) is 0 Å². The fourth-order valence-electron chi connectivity index (χ4n) is 2.04. The summed E-state index contributed by atoms with van der Waals surface area (Å²) in [5.41, 5.74) is 1.01. The number of rotatable bonds is 7. The summed E-state index contributed by atoms with van der Waals surface area (Å²) in [6, 6.07) is 9.69. The van der Waals surface area contributed by atoms with Gasteiger partial charge in [0.15, 0.2) is 0 Å². The van der Waals surface area contributed by atoms with E-state index in [-0.39, 0.29) is 108 Å². The molecule has 0 heterocycles. The van der Waals surface area contributed by atoms with Crippen LogP contribution >= 0.6 is 0 Å². The Morgan fingerprint density at radius 2 is 1.09 bits per heavy atom. The second-order valence-electron chi connectivity index (χ2n) is 4.15. The zero-order chi connectivity index (χ0) is 15.4. The van der Waals surface area contributed by atoms with Gasteiger partial charge in [-0.25, -0.2) is 0 Å². The van der Waals surface area contributed by atoms with E-state index in [1.165, 1.54) is 0 Å². The predicted octanol–water partition coefficient (Wildman–Crippen LogP) is -4.66. The third kappa shape index (κ3) is 14.8. The number of aliphatic hydroxyl groups excluding tert-OH is 3. The molecule has 0 saturated heterocycles. The van der Waals surface area contributed by atoms with Crippen LogP contribution in [0.25, 0.3) is 0 Å². The van der Waals surface area contributed by atoms with Crippen molar-refractivity contribution in [1.82, 2.24) is 4.48 Å². The number of hydrogen-bond donors (Lipinski definition) is 5. The van der Waals surface area contributed by atoms with Crippen molar-refractivity contribution in [2.24, 2.45) is 0 Å². The van der Waals surface area contributed by atoms with E-state index >= 15 is 0 Å². The van der Waals surface area contributed by atoms with Gasteiger partial charge in [-0.05, 0) is 12.1 Å². The van der Waals surface area contributed by atoms with E-state index in [0.717, 1.165) is 5.69 Å². The van der Waals surface area contributed by atoms with Crippen molar-refractivity contribution in [2.45, 2.75) is 0 Å². The molecule has 0 fully saturated rings. The average Bonchev–Trinajstić information content (AvgIpc) is 2.40. The van der Waals surface area contributed by atoms with E-state index < -0.39 is 7.32 Å². The Labute approximate surface area is 204 Å². The molecule has 0 saturated carbocycles. The summed E-state index contributed by atoms with van der Waals surface area (Å²) in [6.07, 6.45) is 0. The van der Waals surface area contributed by atoms with Gasteiger partial charge in [-0.15, -0.1) is 0 Å². The van der Waals surface area contributed by atoms with Crippen molar-refractivity contribution in [3.05, 3.63) is 30.3 Å². The van der Waals surface area contributed by atoms with Crippen LogP contribution in [0, 0.1) is 0 Å². The first-order valence-electron chi connectivity index (χ1n) is 6.28. The first-order chi connectivity index (χ1) is 9.52. The van der Waals surface area contributed by atoms with E-state index in [1.807, 2.05) is 30.3 Å². The van der Waals surface area contributed by atoms with Crippen molar-refractivity contribution < 1.29 is 30.4 Å². The first kappa shape index (κ1) is 32.7. The topological polar surface area (TPSA) is 124 Å². The van der Waals surface area contributed by atoms with Gasteiger partial charge < -0.3 is 30.4 Å². The quantitative estimate of drug-likeness (QED) is 0.246. The van der Waals surface area contributed by atoms with Gasteiger partial charge in [-0.1, -0.05) is 18.2 Å². The molecule has 0 aliphatic rings. The Morgan fingerprint density at radius 3 is 1.35 bits per heavy atom. The molecule has 1 aromatic rings. The fourth-order valence-corrected chi connectivity index (χ4v) is 2.04. The molecule has 11 heteroatoms. The summed E-state index contributed by atoms with van der Waals surface area (Å²) >= 11 is 0. The normalized spacial score (nSPS) is 9.30. The summed E-state index contributed by atoms with van der Waals surface area (Å²) in [5, 5.41) is 50.2. The van der Waals surface area contributed by atoms with Crippen molar-refractivity contribution in [3.8, 4) is 0 Å². The van der Waals surface area contributed by atoms with Crippen LogP contribution in [0.15, 0.2) is 30.3 Å². The SMILES string of the molecule is OCC[N+](CCO)(CCO)c1ccccc1.[NaH].[NaH].[NaH].[O-]B(O)O. The molecule has 7 nitrogen and oxygen atoms in total. The Kier molecular flexibility index (Phi) is 28.9. The zero-order valence-corrected chi connectivity index (χ0v) is 11.3. The largest absolute Gasteiger partial charge is 0.832 e. The van der Waals surface area contributed by atoms with Crippen molar-refractivity contribution >= 4 is 102 Å². The molecule has 5 N–H and O–H groups in total. The van der Waals surface area contributed by atoms with Crippen molar-refractivity contribution in [1.29, 1.82) is 0 Å². The van der Waals surface area contributed by atoms with Crippen LogP contribution in [0.1, 0.15) is 0 Å². The van der Waals surface area contributed by atoms with Crippen molar-refractivity contribution in [2.75, 3.05) is 39.5 Å². The first-order valence-corrected chi connectivity index (χ1v) is 6.28. The van der Waals surface area contributed by atoms with Gasteiger partial charge in [0.25, 0.3) is 0 Å². The maximum Gasteiger partial charge on any atom is 0.339 e. The molecular weight excluding hydrogens is 334 g/mol. The number of para-hydroxylation sites is 1. The van der Waals surface area contributed by atoms with E-state index in [4.69, 9.17) is 30.4 Å². The number of benzene rings is 1. The number of quaternary nitrogens is 1. The standard InChI is InChI=1S/C12H20NO3.BH2O3.3Na.3H/c14-9-6-13(7-10-15,8-11-16)12-4-2-1-3-5-12;2-1(3)4;;;;;;/h1-5,14-16H,6-11H2;2-3H;;;;;;/q+1;-1;;;;;;. The Bertz CT molecular complexity index is 331. The third-order valence-corrected chi connectivity index (χ3v) is 2.89. The second kappa shape index (κ2) is 20.3. The minimum atomic E-state index is -2.42. The van der Waals surface area contributed by atoms with Gasteiger partial charge in [0, 0.05) is 0 Å². The molecule has 0 radical (unpaired) electrons. The minimum absolute atomic E-state index is 0. The smallest absolute Gasteiger partial charge is 0.339 e. The van der Waals surface area contributed by atoms with Gasteiger partial charge in [0.2, 0.25) is 0 Å². The van der Waals surface area contributed by atoms with Crippen LogP contribution in [0.3, 0.4) is 0 Å². The molecule has 120 valence electrons. The number of nitrogens with zero attached hydrogens (tertiary/aromatic N) is 1. The maximum absolute atomic E-state index is 9.14. The summed E-state index contributed by atoms with van der Waals surface area (Å²) < 4.78 is 0.421. The summed E-state index contributed by atoms with van der Waals surface area (Å²) in [7, 11) is -2.42. The van der Waals surface area contributed by atoms with Gasteiger partial charge >= 0.3 is 96.0 Å². The molecule has 0 aliphatic heterocycles. The molecule has 0 amide bonds. The monoisotopic (exact) mass is 359 g/mol. The fraction of sp³-hybridized carbons (Fsp3) is 0.500. The molecule has 0 aliphatic carbocycles. The van der Waals surface area contributed by atoms with Crippen LogP contribution in [0.5, 0.6) is 0 Å². The van der Waals surface area contributed by atoms with Crippen LogP contribution in [0.4, 0.5) is 5.69 Å². The molecule has 1 aromatic carbocycles. The van der Waals surface area contributed by atoms with E-state index in [0.29, 0.717) is 24.1 Å². The molecule has 0 unspecified atom stereocenters. The van der Waals surface area contributed by atoms with Crippen LogP contribution in [-0.2, 0) is 0 Å². The van der Waals surface area contributed by atoms with E-state index in [1.54, 1.807) is 0 Å². The maximum atomic E-state index is 9.14. The van der Waals surface area contributed by atoms with E-state index in [2.05, 4.69) is 0 Å². The van der Waals surface area contributed by atoms with Gasteiger partial charge in [0.05, 0.1) is 19.8 Å². The molecule has 23 heavy (non-hydrogen) atoms. The van der Waals surface area contributed by atoms with Crippen molar-refractivity contribution in [3.63, 3.8) is 0 Å². The molecular formula is C12H25BNNa3O6. The molecule has 0 atom stereocenters. The predicted molar refractivity (Wildman–Crippen MR) is 95.7 cm³/mol. The Morgan fingerprint density at radius 1 is 0.783 bits per heavy atom. The minimum Gasteiger partial charge on any atom is -0.832 e. The van der Waals surface area contributed by atoms with Crippen LogP contribution < -0.4 is 9.51 Å². The third-order valence-electron chi connectivity index (χ3n) is 2.89. The number of aliphatic hydroxyl groups is 3. The summed E-state index contributed by atoms with van der Waals surface area (Å²) in [5.74, 6) is 0. The molecule has 0 bridgehead atoms. The van der Waals surface area contributed by atoms with Crippen LogP contribution in [-0.4, -0.2) is 161 Å².